The Kier molecular flexibility index (Phi) is 5.26. The average Bonchev–Trinajstić information content (AvgIpc) is 3.23. The Morgan fingerprint density at radius 3 is 2.73 bits per heavy atom. The predicted octanol–water partition coefficient (Wildman–Crippen LogP) is 2.69. The van der Waals surface area contributed by atoms with E-state index in [0.29, 0.717) is 24.7 Å². The molecule has 1 fully saturated rings. The van der Waals surface area contributed by atoms with Gasteiger partial charge in [0.05, 0.1) is 12.6 Å². The number of benzene rings is 1. The molecule has 3 rings (SSSR count). The van der Waals surface area contributed by atoms with Gasteiger partial charge in [0.2, 0.25) is 17.7 Å². The molecule has 1 aromatic carbocycles. The van der Waals surface area contributed by atoms with Crippen LogP contribution in [0.15, 0.2) is 28.7 Å². The summed E-state index contributed by atoms with van der Waals surface area (Å²) < 4.78 is 42.5. The summed E-state index contributed by atoms with van der Waals surface area (Å²) in [6.45, 7) is 1.46. The van der Waals surface area contributed by atoms with Gasteiger partial charge in [0.15, 0.2) is 0 Å². The number of carbonyl (C=O) groups is 1. The molecule has 1 unspecified atom stereocenters. The topological polar surface area (TPSA) is 71.3 Å². The third kappa shape index (κ3) is 4.60. The Morgan fingerprint density at radius 1 is 1.31 bits per heavy atom. The lowest BCUT2D eigenvalue weighted by molar-refractivity contribution is -0.141. The Balaban J connectivity index is 1.63. The first-order chi connectivity index (χ1) is 12.3. The highest BCUT2D eigenvalue weighted by Gasteiger charge is 2.34. The highest BCUT2D eigenvalue weighted by Crippen LogP contribution is 2.23. The first-order valence-electron chi connectivity index (χ1n) is 8.30. The fraction of sp³-hybridized carbons (Fsp3) is 0.471. The van der Waals surface area contributed by atoms with Crippen LogP contribution >= 0.6 is 0 Å². The van der Waals surface area contributed by atoms with E-state index in [1.54, 1.807) is 4.90 Å². The van der Waals surface area contributed by atoms with Gasteiger partial charge in [0.1, 0.15) is 6.54 Å². The zero-order valence-corrected chi connectivity index (χ0v) is 14.2. The van der Waals surface area contributed by atoms with Crippen molar-refractivity contribution in [1.29, 1.82) is 0 Å². The maximum absolute atomic E-state index is 12.3. The molecular weight excluding hydrogens is 349 g/mol. The van der Waals surface area contributed by atoms with Crippen LogP contribution in [0.1, 0.15) is 24.3 Å². The second-order valence-corrected chi connectivity index (χ2v) is 6.33. The highest BCUT2D eigenvalue weighted by molar-refractivity contribution is 5.82. The van der Waals surface area contributed by atoms with E-state index in [1.165, 1.54) is 0 Å². The Hall–Kier alpha value is -2.42. The van der Waals surface area contributed by atoms with Crippen LogP contribution < -0.4 is 5.32 Å². The number of halogens is 3. The zero-order chi connectivity index (χ0) is 18.7. The van der Waals surface area contributed by atoms with Crippen LogP contribution in [-0.4, -0.2) is 46.3 Å². The summed E-state index contributed by atoms with van der Waals surface area (Å²) in [6, 6.07) is 6.99. The number of hydrogen-bond donors (Lipinski definition) is 1. The van der Waals surface area contributed by atoms with Crippen LogP contribution in [0.4, 0.5) is 13.2 Å². The summed E-state index contributed by atoms with van der Waals surface area (Å²) in [5.41, 5.74) is 1.90. The first-order valence-corrected chi connectivity index (χ1v) is 8.30. The van der Waals surface area contributed by atoms with Crippen molar-refractivity contribution in [1.82, 2.24) is 20.4 Å². The number of hydrogen-bond acceptors (Lipinski definition) is 5. The summed E-state index contributed by atoms with van der Waals surface area (Å²) in [5.74, 6) is 0.0754. The molecule has 26 heavy (non-hydrogen) atoms. The third-order valence-electron chi connectivity index (χ3n) is 4.23. The molecule has 9 heteroatoms. The number of nitrogens with zero attached hydrogens (tertiary/aromatic N) is 3. The lowest BCUT2D eigenvalue weighted by atomic mass is 10.1. The number of rotatable bonds is 5. The van der Waals surface area contributed by atoms with Gasteiger partial charge < -0.3 is 9.73 Å². The van der Waals surface area contributed by atoms with Crippen molar-refractivity contribution in [2.24, 2.45) is 0 Å². The van der Waals surface area contributed by atoms with Crippen LogP contribution in [0.2, 0.25) is 0 Å². The van der Waals surface area contributed by atoms with E-state index in [0.717, 1.165) is 17.5 Å². The predicted molar refractivity (Wildman–Crippen MR) is 87.0 cm³/mol. The molecule has 0 radical (unpaired) electrons. The summed E-state index contributed by atoms with van der Waals surface area (Å²) in [7, 11) is 0. The van der Waals surface area contributed by atoms with E-state index in [4.69, 9.17) is 4.42 Å². The molecule has 1 aliphatic rings. The standard InChI is InChI=1S/C17H19F3N4O2/c1-11-4-6-12(7-5-11)16-23-22-14(26-16)9-24-8-2-3-13(24)15(25)21-10-17(18,19)20/h4-7,13H,2-3,8-10H2,1H3,(H,21,25). The second-order valence-electron chi connectivity index (χ2n) is 6.33. The normalized spacial score (nSPS) is 18.2. The molecule has 0 spiro atoms. The Morgan fingerprint density at radius 2 is 2.04 bits per heavy atom. The number of likely N-dealkylation sites (tertiary alicyclic amines) is 1. The van der Waals surface area contributed by atoms with Gasteiger partial charge in [-0.1, -0.05) is 17.7 Å². The Bertz CT molecular complexity index is 758. The van der Waals surface area contributed by atoms with Gasteiger partial charge in [-0.3, -0.25) is 9.69 Å². The van der Waals surface area contributed by atoms with Crippen LogP contribution in [-0.2, 0) is 11.3 Å². The van der Waals surface area contributed by atoms with Crippen LogP contribution in [0.3, 0.4) is 0 Å². The van der Waals surface area contributed by atoms with Gasteiger partial charge in [0, 0.05) is 5.56 Å². The van der Waals surface area contributed by atoms with E-state index in [-0.39, 0.29) is 6.54 Å². The number of aromatic nitrogens is 2. The lowest BCUT2D eigenvalue weighted by Gasteiger charge is -2.22. The number of aryl methyl sites for hydroxylation is 1. The second kappa shape index (κ2) is 7.45. The summed E-state index contributed by atoms with van der Waals surface area (Å²) in [5, 5.41) is 9.94. The maximum atomic E-state index is 12.3. The molecule has 1 atom stereocenters. The molecule has 0 aliphatic carbocycles. The molecule has 1 aliphatic heterocycles. The molecular formula is C17H19F3N4O2. The van der Waals surface area contributed by atoms with Crippen molar-refractivity contribution < 1.29 is 22.4 Å². The van der Waals surface area contributed by atoms with Gasteiger partial charge in [-0.2, -0.15) is 13.2 Å². The monoisotopic (exact) mass is 368 g/mol. The third-order valence-corrected chi connectivity index (χ3v) is 4.23. The number of alkyl halides is 3. The molecule has 1 aromatic heterocycles. The summed E-state index contributed by atoms with van der Waals surface area (Å²) >= 11 is 0. The minimum Gasteiger partial charge on any atom is -0.419 e. The smallest absolute Gasteiger partial charge is 0.405 e. The van der Waals surface area contributed by atoms with Gasteiger partial charge in [-0.05, 0) is 38.4 Å². The zero-order valence-electron chi connectivity index (χ0n) is 14.2. The van der Waals surface area contributed by atoms with E-state index in [2.05, 4.69) is 10.2 Å². The number of amides is 1. The van der Waals surface area contributed by atoms with E-state index in [1.807, 2.05) is 36.5 Å². The average molecular weight is 368 g/mol. The highest BCUT2D eigenvalue weighted by atomic mass is 19.4. The Labute approximate surface area is 148 Å². The van der Waals surface area contributed by atoms with E-state index in [9.17, 15) is 18.0 Å². The molecule has 1 amide bonds. The van der Waals surface area contributed by atoms with Gasteiger partial charge in [-0.25, -0.2) is 0 Å². The molecule has 0 saturated carbocycles. The largest absolute Gasteiger partial charge is 0.419 e. The van der Waals surface area contributed by atoms with E-state index >= 15 is 0 Å². The van der Waals surface area contributed by atoms with Crippen LogP contribution in [0.25, 0.3) is 11.5 Å². The fourth-order valence-electron chi connectivity index (χ4n) is 2.92. The maximum Gasteiger partial charge on any atom is 0.405 e. The van der Waals surface area contributed by atoms with Crippen molar-refractivity contribution in [2.75, 3.05) is 13.1 Å². The van der Waals surface area contributed by atoms with E-state index < -0.39 is 24.7 Å². The molecule has 2 heterocycles. The van der Waals surface area contributed by atoms with Crippen LogP contribution in [0, 0.1) is 6.92 Å². The lowest BCUT2D eigenvalue weighted by Crippen LogP contribution is -2.45. The van der Waals surface area contributed by atoms with Crippen molar-refractivity contribution in [3.05, 3.63) is 35.7 Å². The van der Waals surface area contributed by atoms with Crippen LogP contribution in [0.5, 0.6) is 0 Å². The first kappa shape index (κ1) is 18.4. The number of carbonyl (C=O) groups excluding carboxylic acids is 1. The molecule has 2 aromatic rings. The van der Waals surface area contributed by atoms with Gasteiger partial charge >= 0.3 is 6.18 Å². The van der Waals surface area contributed by atoms with Crippen molar-refractivity contribution in [3.63, 3.8) is 0 Å². The molecule has 0 bridgehead atoms. The summed E-state index contributed by atoms with van der Waals surface area (Å²) in [6.07, 6.45) is -3.19. The minimum absolute atomic E-state index is 0.225. The number of nitrogens with one attached hydrogen (secondary N) is 1. The minimum atomic E-state index is -4.42. The van der Waals surface area contributed by atoms with Gasteiger partial charge in [-0.15, -0.1) is 10.2 Å². The molecule has 1 N–H and O–H groups in total. The van der Waals surface area contributed by atoms with Crippen molar-refractivity contribution in [3.8, 4) is 11.5 Å². The summed E-state index contributed by atoms with van der Waals surface area (Å²) in [4.78, 5) is 13.8. The molecule has 140 valence electrons. The van der Waals surface area contributed by atoms with Crippen molar-refractivity contribution >= 4 is 5.91 Å². The fourth-order valence-corrected chi connectivity index (χ4v) is 2.92. The van der Waals surface area contributed by atoms with Gasteiger partial charge in [0.25, 0.3) is 0 Å². The molecule has 1 saturated heterocycles. The molecule has 6 nitrogen and oxygen atoms in total. The SMILES string of the molecule is Cc1ccc(-c2nnc(CN3CCCC3C(=O)NCC(F)(F)F)o2)cc1. The quantitative estimate of drug-likeness (QED) is 0.879. The van der Waals surface area contributed by atoms with Crippen molar-refractivity contribution in [2.45, 2.75) is 38.5 Å².